The maximum absolute atomic E-state index is 11.0. The van der Waals surface area contributed by atoms with E-state index in [9.17, 15) is 9.90 Å². The first-order valence-corrected chi connectivity index (χ1v) is 5.25. The van der Waals surface area contributed by atoms with Crippen molar-refractivity contribution in [2.75, 3.05) is 13.7 Å². The molecule has 1 aliphatic rings. The molecule has 0 radical (unpaired) electrons. The van der Waals surface area contributed by atoms with Crippen LogP contribution in [0, 0.1) is 5.92 Å². The Morgan fingerprint density at radius 1 is 1.56 bits per heavy atom. The van der Waals surface area contributed by atoms with Crippen LogP contribution in [0.3, 0.4) is 0 Å². The van der Waals surface area contributed by atoms with Gasteiger partial charge in [-0.25, -0.2) is 0 Å². The molecule has 1 rings (SSSR count). The van der Waals surface area contributed by atoms with Gasteiger partial charge >= 0.3 is 0 Å². The van der Waals surface area contributed by atoms with Gasteiger partial charge in [0.15, 0.2) is 6.29 Å². The van der Waals surface area contributed by atoms with Gasteiger partial charge in [-0.2, -0.15) is 0 Å². The van der Waals surface area contributed by atoms with Gasteiger partial charge in [0.05, 0.1) is 18.8 Å². The predicted molar refractivity (Wildman–Crippen MR) is 55.5 cm³/mol. The highest BCUT2D eigenvalue weighted by atomic mass is 16.7. The van der Waals surface area contributed by atoms with Crippen LogP contribution in [0.15, 0.2) is 0 Å². The lowest BCUT2D eigenvalue weighted by Gasteiger charge is -2.42. The largest absolute Gasteiger partial charge is 0.394 e. The van der Waals surface area contributed by atoms with Crippen molar-refractivity contribution in [2.24, 2.45) is 5.92 Å². The molecule has 6 heteroatoms. The first kappa shape index (κ1) is 13.4. The van der Waals surface area contributed by atoms with Crippen molar-refractivity contribution >= 4 is 5.91 Å². The van der Waals surface area contributed by atoms with Crippen LogP contribution in [-0.2, 0) is 14.3 Å². The Labute approximate surface area is 94.5 Å². The van der Waals surface area contributed by atoms with Crippen LogP contribution in [-0.4, -0.2) is 54.4 Å². The molecular weight excluding hydrogens is 214 g/mol. The maximum Gasteiger partial charge on any atom is 0.217 e. The number of hydrogen-bond acceptors (Lipinski definition) is 5. The van der Waals surface area contributed by atoms with Gasteiger partial charge in [0.2, 0.25) is 5.91 Å². The Kier molecular flexibility index (Phi) is 4.67. The molecule has 1 heterocycles. The van der Waals surface area contributed by atoms with E-state index >= 15 is 0 Å². The predicted octanol–water partition coefficient (Wildman–Crippen LogP) is -1.15. The monoisotopic (exact) mass is 233 g/mol. The van der Waals surface area contributed by atoms with E-state index in [1.807, 2.05) is 0 Å². The summed E-state index contributed by atoms with van der Waals surface area (Å²) in [4.78, 5) is 11.0. The fourth-order valence-electron chi connectivity index (χ4n) is 1.89. The van der Waals surface area contributed by atoms with Crippen molar-refractivity contribution < 1.29 is 24.5 Å². The van der Waals surface area contributed by atoms with Crippen LogP contribution >= 0.6 is 0 Å². The molecule has 16 heavy (non-hydrogen) atoms. The number of amides is 1. The highest BCUT2D eigenvalue weighted by Crippen LogP contribution is 2.26. The zero-order chi connectivity index (χ0) is 12.3. The topological polar surface area (TPSA) is 88.0 Å². The second-order valence-electron chi connectivity index (χ2n) is 4.04. The Balaban J connectivity index is 2.77. The summed E-state index contributed by atoms with van der Waals surface area (Å²) < 4.78 is 10.5. The summed E-state index contributed by atoms with van der Waals surface area (Å²) >= 11 is 0. The molecule has 5 unspecified atom stereocenters. The first-order valence-electron chi connectivity index (χ1n) is 5.25. The lowest BCUT2D eigenvalue weighted by Crippen LogP contribution is -2.61. The number of ether oxygens (including phenoxy) is 2. The fourth-order valence-corrected chi connectivity index (χ4v) is 1.89. The van der Waals surface area contributed by atoms with Crippen LogP contribution in [0.2, 0.25) is 0 Å². The molecule has 1 aliphatic heterocycles. The van der Waals surface area contributed by atoms with E-state index in [0.29, 0.717) is 0 Å². The highest BCUT2D eigenvalue weighted by Gasteiger charge is 2.43. The third-order valence-corrected chi connectivity index (χ3v) is 2.88. The molecule has 5 atom stereocenters. The van der Waals surface area contributed by atoms with Crippen LogP contribution in [0.25, 0.3) is 0 Å². The van der Waals surface area contributed by atoms with Gasteiger partial charge in [-0.3, -0.25) is 4.79 Å². The summed E-state index contributed by atoms with van der Waals surface area (Å²) in [5.41, 5.74) is 0. The quantitative estimate of drug-likeness (QED) is 0.573. The molecule has 3 N–H and O–H groups in total. The van der Waals surface area contributed by atoms with E-state index < -0.39 is 24.5 Å². The van der Waals surface area contributed by atoms with Gasteiger partial charge in [-0.15, -0.1) is 0 Å². The van der Waals surface area contributed by atoms with Gasteiger partial charge in [-0.05, 0) is 0 Å². The van der Waals surface area contributed by atoms with E-state index in [4.69, 9.17) is 14.6 Å². The zero-order valence-corrected chi connectivity index (χ0v) is 9.71. The van der Waals surface area contributed by atoms with Gasteiger partial charge in [0.25, 0.3) is 0 Å². The van der Waals surface area contributed by atoms with E-state index in [0.717, 1.165) is 0 Å². The van der Waals surface area contributed by atoms with Crippen LogP contribution in [0.1, 0.15) is 13.8 Å². The smallest absolute Gasteiger partial charge is 0.217 e. The number of rotatable bonds is 3. The fraction of sp³-hybridized carbons (Fsp3) is 0.900. The maximum atomic E-state index is 11.0. The highest BCUT2D eigenvalue weighted by molar-refractivity contribution is 5.73. The van der Waals surface area contributed by atoms with Crippen molar-refractivity contribution in [1.82, 2.24) is 5.32 Å². The summed E-state index contributed by atoms with van der Waals surface area (Å²) in [6.07, 6.45) is -2.03. The minimum absolute atomic E-state index is 0.190. The molecule has 1 saturated heterocycles. The Hall–Kier alpha value is -0.690. The molecule has 0 aromatic heterocycles. The van der Waals surface area contributed by atoms with Crippen molar-refractivity contribution in [3.8, 4) is 0 Å². The average molecular weight is 233 g/mol. The molecule has 94 valence electrons. The Morgan fingerprint density at radius 2 is 2.19 bits per heavy atom. The molecule has 0 saturated carbocycles. The molecule has 1 amide bonds. The summed E-state index contributed by atoms with van der Waals surface area (Å²) in [6.45, 7) is 2.93. The van der Waals surface area contributed by atoms with E-state index in [1.165, 1.54) is 14.0 Å². The van der Waals surface area contributed by atoms with E-state index in [2.05, 4.69) is 5.32 Å². The molecule has 0 aliphatic carbocycles. The SMILES string of the molecule is COC1OC(CO)C(C)C(O)C1NC(C)=O. The van der Waals surface area contributed by atoms with E-state index in [-0.39, 0.29) is 18.4 Å². The van der Waals surface area contributed by atoms with Gasteiger partial charge in [0, 0.05) is 20.0 Å². The molecule has 0 aromatic carbocycles. The average Bonchev–Trinajstić information content (AvgIpc) is 2.25. The third kappa shape index (κ3) is 2.70. The van der Waals surface area contributed by atoms with Gasteiger partial charge in [0.1, 0.15) is 6.04 Å². The summed E-state index contributed by atoms with van der Waals surface area (Å²) in [6, 6.07) is -0.611. The number of aliphatic hydroxyl groups is 2. The normalized spacial score (nSPS) is 39.4. The van der Waals surface area contributed by atoms with Crippen molar-refractivity contribution in [3.05, 3.63) is 0 Å². The molecular formula is C10H19NO5. The number of nitrogens with one attached hydrogen (secondary N) is 1. The second-order valence-corrected chi connectivity index (χ2v) is 4.04. The lowest BCUT2D eigenvalue weighted by atomic mass is 9.89. The van der Waals surface area contributed by atoms with Crippen molar-refractivity contribution in [1.29, 1.82) is 0 Å². The summed E-state index contributed by atoms with van der Waals surface area (Å²) in [5, 5.41) is 21.7. The van der Waals surface area contributed by atoms with Gasteiger partial charge in [-0.1, -0.05) is 6.92 Å². The van der Waals surface area contributed by atoms with Crippen molar-refractivity contribution in [3.63, 3.8) is 0 Å². The van der Waals surface area contributed by atoms with Crippen LogP contribution < -0.4 is 5.32 Å². The van der Waals surface area contributed by atoms with E-state index in [1.54, 1.807) is 6.92 Å². The Morgan fingerprint density at radius 3 is 2.62 bits per heavy atom. The standard InChI is InChI=1S/C10H19NO5/c1-5-7(4-12)16-10(15-3)8(9(5)14)11-6(2)13/h5,7-10,12,14H,4H2,1-3H3,(H,11,13). The molecule has 0 aromatic rings. The summed E-state index contributed by atoms with van der Waals surface area (Å²) in [5.74, 6) is -0.530. The molecule has 0 spiro atoms. The minimum Gasteiger partial charge on any atom is -0.394 e. The molecule has 1 fully saturated rings. The number of carbonyl (C=O) groups excluding carboxylic acids is 1. The molecule has 6 nitrogen and oxygen atoms in total. The third-order valence-electron chi connectivity index (χ3n) is 2.88. The van der Waals surface area contributed by atoms with Crippen LogP contribution in [0.5, 0.6) is 0 Å². The summed E-state index contributed by atoms with van der Waals surface area (Å²) in [7, 11) is 1.43. The minimum atomic E-state index is -0.806. The number of methoxy groups -OCH3 is 1. The number of carbonyl (C=O) groups is 1. The lowest BCUT2D eigenvalue weighted by molar-refractivity contribution is -0.245. The number of hydrogen-bond donors (Lipinski definition) is 3. The molecule has 0 bridgehead atoms. The second kappa shape index (κ2) is 5.58. The Bertz CT molecular complexity index is 245. The van der Waals surface area contributed by atoms with Gasteiger partial charge < -0.3 is 25.0 Å². The van der Waals surface area contributed by atoms with Crippen molar-refractivity contribution in [2.45, 2.75) is 38.4 Å². The zero-order valence-electron chi connectivity index (χ0n) is 9.71. The van der Waals surface area contributed by atoms with Crippen LogP contribution in [0.4, 0.5) is 0 Å². The number of aliphatic hydroxyl groups excluding tert-OH is 2. The first-order chi connectivity index (χ1) is 7.51.